The largest absolute Gasteiger partial charge is 0.540 e. The molecule has 4 radical (unpaired) electrons. The normalized spacial score (nSPS) is 10.7. The van der Waals surface area contributed by atoms with Crippen molar-refractivity contribution in [2.24, 2.45) is 0 Å². The fraction of sp³-hybridized carbons (Fsp3) is 0.177. The molecule has 82 heavy (non-hydrogen) atoms. The van der Waals surface area contributed by atoms with E-state index in [0.717, 1.165) is 99.6 Å². The SMILES string of the molecule is COc1c[c-]c(-c2cc3nc(C)oc3cn2)cc1.Cc1nc2cc(-c3[c-]cccc3)ncc2s1.Cc1nc2cc(-c3[c-]ccnc3-c3c(C)cccc3C)ncc2o1.Cc1nc2cc(-c3[c-]nc(C(C)(C)C)nc3)ncc2o1.[Ir].[Ir].[Ir].[Ir]. The molecule has 10 aromatic heterocycles. The molecule has 0 N–H and O–H groups in total. The fourth-order valence-corrected chi connectivity index (χ4v) is 9.12. The summed E-state index contributed by atoms with van der Waals surface area (Å²) in [5, 5.41) is 1.07. The summed E-state index contributed by atoms with van der Waals surface area (Å²) in [6.45, 7) is 17.9. The molecule has 15 nitrogen and oxygen atoms in total. The second-order valence-electron chi connectivity index (χ2n) is 19.0. The Labute approximate surface area is 532 Å². The van der Waals surface area contributed by atoms with Gasteiger partial charge < -0.3 is 52.9 Å². The molecule has 0 bridgehead atoms. The van der Waals surface area contributed by atoms with Crippen molar-refractivity contribution in [3.05, 3.63) is 192 Å². The average Bonchev–Trinajstić information content (AvgIpc) is 4.24. The van der Waals surface area contributed by atoms with Crippen molar-refractivity contribution in [1.82, 2.24) is 54.8 Å². The molecule has 0 fully saturated rings. The molecule has 0 aliphatic rings. The molecular weight excluding hydrogens is 1760 g/mol. The number of oxazole rings is 3. The van der Waals surface area contributed by atoms with Gasteiger partial charge in [-0.05, 0) is 84.6 Å². The predicted octanol–water partition coefficient (Wildman–Crippen LogP) is 14.2. The van der Waals surface area contributed by atoms with Gasteiger partial charge in [0.1, 0.15) is 16.6 Å². The number of nitrogens with zero attached hydrogens (tertiary/aromatic N) is 11. The summed E-state index contributed by atoms with van der Waals surface area (Å²) in [5.74, 6) is 3.44. The number of rotatable bonds is 6. The number of ether oxygens (including phenoxy) is 1. The minimum Gasteiger partial charge on any atom is -0.540 e. The van der Waals surface area contributed by atoms with E-state index in [2.05, 4.69) is 132 Å². The van der Waals surface area contributed by atoms with Gasteiger partial charge in [0.2, 0.25) is 0 Å². The molecule has 0 saturated heterocycles. The van der Waals surface area contributed by atoms with E-state index >= 15 is 0 Å². The second-order valence-corrected chi connectivity index (χ2v) is 20.3. The third kappa shape index (κ3) is 15.2. The third-order valence-corrected chi connectivity index (χ3v) is 13.0. The molecular formula is C62H51Ir4N11O4S-4. The van der Waals surface area contributed by atoms with Gasteiger partial charge in [-0.25, -0.2) is 19.9 Å². The topological polar surface area (TPSA) is 190 Å². The van der Waals surface area contributed by atoms with Crippen LogP contribution in [-0.2, 0) is 85.8 Å². The monoisotopic (exact) mass is 1820 g/mol. The maximum atomic E-state index is 5.51. The van der Waals surface area contributed by atoms with Gasteiger partial charge in [-0.3, -0.25) is 0 Å². The maximum Gasteiger partial charge on any atom is 0.192 e. The van der Waals surface area contributed by atoms with Crippen LogP contribution in [0.25, 0.3) is 99.8 Å². The molecule has 0 spiro atoms. The summed E-state index contributed by atoms with van der Waals surface area (Å²) in [5.41, 5.74) is 16.6. The first-order valence-electron chi connectivity index (χ1n) is 24.8. The first-order chi connectivity index (χ1) is 37.6. The van der Waals surface area contributed by atoms with Crippen molar-refractivity contribution in [2.45, 2.75) is 67.7 Å². The standard InChI is InChI=1S/C20H16N3O.C15H15N4O.C14H11N2O2.C13H9N2S.4Ir/c1-12-6-4-7-13(2)19(12)20-15(8-5-9-21-20)16-10-17-18(11-22-16)24-14(3)23-17;1-9-19-12-5-11(16-8-13(12)20-9)10-6-17-14(18-7-10)15(2,3)4;1-9-16-13-7-12(15-8-14(13)18-9)10-3-5-11(17-2)6-4-10;1-9-15-12-7-11(14-8-13(12)16-9)10-5-3-2-4-6-10;;;;/h4-7,9-11H,1-3H3;5-6,8H,1-4H3;3,5-8H,1-2H3;2-5,7-8H,1H3;;;;/q4*-1;;;;. The van der Waals surface area contributed by atoms with Crippen LogP contribution in [0.1, 0.15) is 60.4 Å². The van der Waals surface area contributed by atoms with Gasteiger partial charge in [0.25, 0.3) is 0 Å². The Balaban J connectivity index is 0.000000175. The first-order valence-corrected chi connectivity index (χ1v) is 25.6. The van der Waals surface area contributed by atoms with Crippen LogP contribution >= 0.6 is 11.3 Å². The number of thiazole rings is 1. The van der Waals surface area contributed by atoms with Crippen molar-refractivity contribution >= 4 is 54.9 Å². The molecule has 13 rings (SSSR count). The molecule has 0 aliphatic carbocycles. The number of aromatic nitrogens is 11. The molecule has 0 aliphatic heterocycles. The molecule has 3 aromatic carbocycles. The van der Waals surface area contributed by atoms with Gasteiger partial charge >= 0.3 is 0 Å². The maximum absolute atomic E-state index is 5.51. The summed E-state index contributed by atoms with van der Waals surface area (Å²) in [7, 11) is 1.63. The van der Waals surface area contributed by atoms with Crippen LogP contribution < -0.4 is 4.74 Å². The van der Waals surface area contributed by atoms with E-state index in [4.69, 9.17) is 18.0 Å². The van der Waals surface area contributed by atoms with Crippen LogP contribution in [0, 0.1) is 65.9 Å². The van der Waals surface area contributed by atoms with Gasteiger partial charge in [-0.15, -0.1) is 89.2 Å². The van der Waals surface area contributed by atoms with Gasteiger partial charge in [-0.2, -0.15) is 0 Å². The van der Waals surface area contributed by atoms with E-state index in [0.29, 0.717) is 34.4 Å². The van der Waals surface area contributed by atoms with E-state index in [1.54, 1.807) is 55.5 Å². The first kappa shape index (κ1) is 64.4. The zero-order valence-electron chi connectivity index (χ0n) is 45.9. The number of hydrogen-bond acceptors (Lipinski definition) is 16. The smallest absolute Gasteiger partial charge is 0.192 e. The van der Waals surface area contributed by atoms with E-state index < -0.39 is 0 Å². The van der Waals surface area contributed by atoms with Crippen LogP contribution in [0.2, 0.25) is 0 Å². The quantitative estimate of drug-likeness (QED) is 0.143. The molecule has 0 atom stereocenters. The van der Waals surface area contributed by atoms with E-state index in [1.165, 1.54) is 11.1 Å². The van der Waals surface area contributed by atoms with Gasteiger partial charge in [0.05, 0.1) is 40.9 Å². The van der Waals surface area contributed by atoms with Crippen LogP contribution in [0.5, 0.6) is 5.75 Å². The molecule has 0 amide bonds. The summed E-state index contributed by atoms with van der Waals surface area (Å²) >= 11 is 1.67. The molecule has 20 heteroatoms. The van der Waals surface area contributed by atoms with Crippen molar-refractivity contribution < 1.29 is 98.4 Å². The summed E-state index contributed by atoms with van der Waals surface area (Å²) in [6.07, 6.45) is 13.4. The zero-order valence-corrected chi connectivity index (χ0v) is 56.3. The molecule has 424 valence electrons. The Hall–Kier alpha value is -6.81. The zero-order chi connectivity index (χ0) is 54.5. The van der Waals surface area contributed by atoms with Crippen LogP contribution in [0.3, 0.4) is 0 Å². The summed E-state index contributed by atoms with van der Waals surface area (Å²) in [6, 6.07) is 38.8. The average molecular weight is 1820 g/mol. The Kier molecular flexibility index (Phi) is 22.3. The second kappa shape index (κ2) is 28.4. The Morgan fingerprint density at radius 2 is 1.06 bits per heavy atom. The summed E-state index contributed by atoms with van der Waals surface area (Å²) < 4.78 is 22.5. The number of hydrogen-bond donors (Lipinski definition) is 0. The number of fused-ring (bicyclic) bond motifs is 4. The van der Waals surface area contributed by atoms with E-state index in [1.807, 2.05) is 101 Å². The van der Waals surface area contributed by atoms with Crippen molar-refractivity contribution in [3.8, 4) is 62.0 Å². The number of aryl methyl sites for hydroxylation is 6. The van der Waals surface area contributed by atoms with Crippen LogP contribution in [0.15, 0.2) is 141 Å². The van der Waals surface area contributed by atoms with Crippen molar-refractivity contribution in [2.75, 3.05) is 7.11 Å². The number of benzene rings is 3. The Morgan fingerprint density at radius 3 is 1.59 bits per heavy atom. The van der Waals surface area contributed by atoms with Gasteiger partial charge in [0, 0.05) is 119 Å². The van der Waals surface area contributed by atoms with Gasteiger partial charge in [0.15, 0.2) is 34.4 Å². The van der Waals surface area contributed by atoms with Crippen molar-refractivity contribution in [3.63, 3.8) is 0 Å². The van der Waals surface area contributed by atoms with Gasteiger partial charge in [-0.1, -0.05) is 79.7 Å². The van der Waals surface area contributed by atoms with Crippen LogP contribution in [-0.4, -0.2) is 61.9 Å². The summed E-state index contributed by atoms with van der Waals surface area (Å²) in [4.78, 5) is 48.4. The number of methoxy groups -OCH3 is 1. The molecule has 0 saturated carbocycles. The fourth-order valence-electron chi connectivity index (χ4n) is 8.35. The Morgan fingerprint density at radius 1 is 0.512 bits per heavy atom. The molecule has 13 aromatic rings. The minimum absolute atomic E-state index is 0. The predicted molar refractivity (Wildman–Crippen MR) is 302 cm³/mol. The molecule has 0 unspecified atom stereocenters. The third-order valence-electron chi connectivity index (χ3n) is 12.1. The Bertz CT molecular complexity index is 4200. The van der Waals surface area contributed by atoms with E-state index in [-0.39, 0.29) is 85.8 Å². The van der Waals surface area contributed by atoms with Crippen molar-refractivity contribution in [1.29, 1.82) is 0 Å². The van der Waals surface area contributed by atoms with Crippen LogP contribution in [0.4, 0.5) is 0 Å². The molecule has 10 heterocycles. The minimum atomic E-state index is -0.0877. The number of pyridine rings is 5. The van der Waals surface area contributed by atoms with E-state index in [9.17, 15) is 0 Å².